The number of nitrogens with zero attached hydrogens (tertiary/aromatic N) is 1. The first-order valence-corrected chi connectivity index (χ1v) is 11.3. The minimum atomic E-state index is -1.09. The number of carboxylic acids is 1. The average Bonchev–Trinajstić information content (AvgIpc) is 2.78. The Kier molecular flexibility index (Phi) is 7.84. The van der Waals surface area contributed by atoms with Crippen molar-refractivity contribution in [1.29, 1.82) is 0 Å². The van der Waals surface area contributed by atoms with E-state index in [0.29, 0.717) is 21.8 Å². The third kappa shape index (κ3) is 6.06. The lowest BCUT2D eigenvalue weighted by atomic mass is 10.1. The van der Waals surface area contributed by atoms with Crippen molar-refractivity contribution >= 4 is 62.8 Å². The van der Waals surface area contributed by atoms with Crippen LogP contribution in [-0.2, 0) is 5.75 Å². The van der Waals surface area contributed by atoms with E-state index >= 15 is 0 Å². The van der Waals surface area contributed by atoms with E-state index < -0.39 is 10.9 Å². The van der Waals surface area contributed by atoms with Crippen molar-refractivity contribution in [1.82, 2.24) is 0 Å². The number of carbonyl (C=O) groups excluding carboxylic acids is 1. The van der Waals surface area contributed by atoms with E-state index in [2.05, 4.69) is 15.9 Å². The first kappa shape index (κ1) is 23.7. The van der Waals surface area contributed by atoms with E-state index in [1.807, 2.05) is 24.3 Å². The summed E-state index contributed by atoms with van der Waals surface area (Å²) in [6, 6.07) is 17.6. The van der Waals surface area contributed by atoms with Gasteiger partial charge in [0.1, 0.15) is 5.02 Å². The molecular weight excluding hydrogens is 518 g/mol. The summed E-state index contributed by atoms with van der Waals surface area (Å²) in [7, 11) is 0. The molecular formula is C23H15BrClNO5S. The lowest BCUT2D eigenvalue weighted by Crippen LogP contribution is -2.03. The Morgan fingerprint density at radius 1 is 1.03 bits per heavy atom. The number of carbonyl (C=O) groups is 2. The average molecular weight is 533 g/mol. The van der Waals surface area contributed by atoms with Gasteiger partial charge in [-0.2, -0.15) is 0 Å². The number of carboxylic acid groups (broad SMARTS) is 1. The van der Waals surface area contributed by atoms with Crippen molar-refractivity contribution in [2.24, 2.45) is 0 Å². The fourth-order valence-corrected chi connectivity index (χ4v) is 4.17. The number of Topliss-reactive ketones (excluding diaryl/α,β-unsaturated/α-hetero) is 1. The maximum absolute atomic E-state index is 13.2. The van der Waals surface area contributed by atoms with Gasteiger partial charge in [-0.3, -0.25) is 14.9 Å². The van der Waals surface area contributed by atoms with Gasteiger partial charge in [-0.1, -0.05) is 57.9 Å². The second-order valence-corrected chi connectivity index (χ2v) is 8.94. The van der Waals surface area contributed by atoms with Gasteiger partial charge in [0, 0.05) is 21.9 Å². The quantitative estimate of drug-likeness (QED) is 0.147. The van der Waals surface area contributed by atoms with Crippen LogP contribution in [0.1, 0.15) is 31.8 Å². The van der Waals surface area contributed by atoms with Crippen LogP contribution in [0.5, 0.6) is 0 Å². The molecule has 9 heteroatoms. The fourth-order valence-electron chi connectivity index (χ4n) is 2.73. The molecule has 0 aliphatic rings. The van der Waals surface area contributed by atoms with E-state index in [9.17, 15) is 19.7 Å². The molecule has 0 saturated carbocycles. The number of hydrogen-bond donors (Lipinski definition) is 1. The lowest BCUT2D eigenvalue weighted by molar-refractivity contribution is -0.384. The second-order valence-electron chi connectivity index (χ2n) is 6.60. The minimum absolute atomic E-state index is 0.00630. The first-order chi connectivity index (χ1) is 15.2. The molecule has 0 amide bonds. The molecule has 0 saturated heterocycles. The summed E-state index contributed by atoms with van der Waals surface area (Å²) in [6.45, 7) is 0. The molecule has 0 spiro atoms. The number of thioether (sulfide) groups is 1. The smallest absolute Gasteiger partial charge is 0.335 e. The molecule has 1 N–H and O–H groups in total. The van der Waals surface area contributed by atoms with Gasteiger partial charge < -0.3 is 5.11 Å². The number of ketones is 1. The van der Waals surface area contributed by atoms with Gasteiger partial charge >= 0.3 is 5.97 Å². The van der Waals surface area contributed by atoms with E-state index in [1.54, 1.807) is 12.1 Å². The van der Waals surface area contributed by atoms with Crippen molar-refractivity contribution in [3.05, 3.63) is 113 Å². The molecule has 0 aliphatic carbocycles. The molecule has 6 nitrogen and oxygen atoms in total. The van der Waals surface area contributed by atoms with Gasteiger partial charge in [0.25, 0.3) is 5.69 Å². The van der Waals surface area contributed by atoms with Gasteiger partial charge in [0.15, 0.2) is 5.78 Å². The van der Waals surface area contributed by atoms with Crippen LogP contribution in [-0.4, -0.2) is 21.8 Å². The number of nitro groups is 1. The molecule has 0 unspecified atom stereocenters. The Morgan fingerprint density at radius 3 is 2.25 bits per heavy atom. The third-order valence-electron chi connectivity index (χ3n) is 4.39. The Morgan fingerprint density at radius 2 is 1.66 bits per heavy atom. The van der Waals surface area contributed by atoms with Crippen molar-refractivity contribution in [3.63, 3.8) is 0 Å². The lowest BCUT2D eigenvalue weighted by Gasteiger charge is -2.09. The zero-order valence-corrected chi connectivity index (χ0v) is 19.5. The maximum atomic E-state index is 13.2. The largest absolute Gasteiger partial charge is 0.478 e. The van der Waals surface area contributed by atoms with E-state index in [4.69, 9.17) is 16.7 Å². The van der Waals surface area contributed by atoms with Crippen LogP contribution < -0.4 is 0 Å². The number of aromatic carboxylic acids is 1. The zero-order valence-electron chi connectivity index (χ0n) is 16.3. The molecule has 3 rings (SSSR count). The number of nitro benzene ring substituents is 1. The molecule has 0 fully saturated rings. The van der Waals surface area contributed by atoms with Crippen LogP contribution in [0.25, 0.3) is 6.08 Å². The standard InChI is InChI=1S/C23H15BrClNO5S/c24-18-8-1-14(2-9-18)13-32-21(12-15-3-10-19(25)20(11-15)26(30)31)22(27)16-4-6-17(7-5-16)23(28)29/h1-12H,13H2,(H,28,29)/b21-12+. The van der Waals surface area contributed by atoms with Crippen LogP contribution in [0.3, 0.4) is 0 Å². The summed E-state index contributed by atoms with van der Waals surface area (Å²) in [4.78, 5) is 35.3. The molecule has 0 bridgehead atoms. The summed E-state index contributed by atoms with van der Waals surface area (Å²) in [5.74, 6) is -0.909. The van der Waals surface area contributed by atoms with Gasteiger partial charge in [-0.15, -0.1) is 11.8 Å². The summed E-state index contributed by atoms with van der Waals surface area (Å²) in [5, 5.41) is 20.3. The Balaban J connectivity index is 1.96. The van der Waals surface area contributed by atoms with E-state index in [0.717, 1.165) is 10.0 Å². The summed E-state index contributed by atoms with van der Waals surface area (Å²) >= 11 is 10.6. The van der Waals surface area contributed by atoms with Gasteiger partial charge in [0.2, 0.25) is 0 Å². The van der Waals surface area contributed by atoms with Crippen molar-refractivity contribution < 1.29 is 19.6 Å². The predicted octanol–water partition coefficient (Wildman–Crippen LogP) is 6.87. The topological polar surface area (TPSA) is 97.5 Å². The highest BCUT2D eigenvalue weighted by molar-refractivity contribution is 9.10. The molecule has 3 aromatic rings. The summed E-state index contributed by atoms with van der Waals surface area (Å²) in [5.41, 5.74) is 1.57. The SMILES string of the molecule is O=C(O)c1ccc(C(=O)/C(=C\c2ccc(Cl)c([N+](=O)[O-])c2)SCc2ccc(Br)cc2)cc1. The molecule has 0 atom stereocenters. The second kappa shape index (κ2) is 10.6. The monoisotopic (exact) mass is 531 g/mol. The van der Waals surface area contributed by atoms with Crippen LogP contribution in [0.4, 0.5) is 5.69 Å². The highest BCUT2D eigenvalue weighted by Crippen LogP contribution is 2.31. The van der Waals surface area contributed by atoms with Crippen molar-refractivity contribution in [3.8, 4) is 0 Å². The Labute approximate surface area is 201 Å². The molecule has 162 valence electrons. The zero-order chi connectivity index (χ0) is 23.3. The van der Waals surface area contributed by atoms with Crippen LogP contribution in [0, 0.1) is 10.1 Å². The first-order valence-electron chi connectivity index (χ1n) is 9.15. The minimum Gasteiger partial charge on any atom is -0.478 e. The number of halogens is 2. The van der Waals surface area contributed by atoms with Crippen molar-refractivity contribution in [2.75, 3.05) is 0 Å². The van der Waals surface area contributed by atoms with Gasteiger partial charge in [-0.05, 0) is 47.5 Å². The highest BCUT2D eigenvalue weighted by Gasteiger charge is 2.17. The predicted molar refractivity (Wildman–Crippen MR) is 129 cm³/mol. The van der Waals surface area contributed by atoms with E-state index in [1.165, 1.54) is 48.2 Å². The van der Waals surface area contributed by atoms with Crippen LogP contribution in [0.2, 0.25) is 5.02 Å². The molecule has 3 aromatic carbocycles. The van der Waals surface area contributed by atoms with Crippen molar-refractivity contribution in [2.45, 2.75) is 5.75 Å². The number of rotatable bonds is 8. The van der Waals surface area contributed by atoms with Crippen LogP contribution in [0.15, 0.2) is 76.1 Å². The molecule has 0 radical (unpaired) electrons. The number of hydrogen-bond acceptors (Lipinski definition) is 5. The van der Waals surface area contributed by atoms with Gasteiger partial charge in [-0.25, -0.2) is 4.79 Å². The molecule has 0 heterocycles. The maximum Gasteiger partial charge on any atom is 0.335 e. The summed E-state index contributed by atoms with van der Waals surface area (Å²) in [6.07, 6.45) is 1.57. The summed E-state index contributed by atoms with van der Waals surface area (Å²) < 4.78 is 0.935. The normalized spacial score (nSPS) is 11.2. The highest BCUT2D eigenvalue weighted by atomic mass is 79.9. The van der Waals surface area contributed by atoms with E-state index in [-0.39, 0.29) is 22.1 Å². The van der Waals surface area contributed by atoms with Crippen LogP contribution >= 0.6 is 39.3 Å². The Hall–Kier alpha value is -2.94. The molecule has 0 aliphatic heterocycles. The molecule has 32 heavy (non-hydrogen) atoms. The third-order valence-corrected chi connectivity index (χ3v) is 6.33. The molecule has 0 aromatic heterocycles. The number of benzene rings is 3. The van der Waals surface area contributed by atoms with Gasteiger partial charge in [0.05, 0.1) is 15.4 Å². The Bertz CT molecular complexity index is 1210. The fraction of sp³-hybridized carbons (Fsp3) is 0.0435. The number of allylic oxidation sites excluding steroid dienone is 1.